The fourth-order valence-electron chi connectivity index (χ4n) is 5.26. The number of sulfonamides is 1. The Kier molecular flexibility index (Phi) is 8.67. The van der Waals surface area contributed by atoms with Gasteiger partial charge in [-0.05, 0) is 67.6 Å². The Morgan fingerprint density at radius 2 is 1.56 bits per heavy atom. The van der Waals surface area contributed by atoms with Gasteiger partial charge in [0.15, 0.2) is 0 Å². The van der Waals surface area contributed by atoms with Gasteiger partial charge in [0.2, 0.25) is 10.0 Å². The third-order valence-electron chi connectivity index (χ3n) is 7.74. The highest BCUT2D eigenvalue weighted by Crippen LogP contribution is 2.36. The molecule has 2 N–H and O–H groups in total. The van der Waals surface area contributed by atoms with Gasteiger partial charge in [-0.1, -0.05) is 12.1 Å². The summed E-state index contributed by atoms with van der Waals surface area (Å²) >= 11 is 0. The van der Waals surface area contributed by atoms with Crippen molar-refractivity contribution in [3.8, 4) is 11.5 Å². The topological polar surface area (TPSA) is 103 Å². The van der Waals surface area contributed by atoms with Gasteiger partial charge in [-0.15, -0.1) is 0 Å². The number of amides is 2. The van der Waals surface area contributed by atoms with Crippen molar-refractivity contribution in [2.45, 2.75) is 24.4 Å². The smallest absolute Gasteiger partial charge is 0.322 e. The van der Waals surface area contributed by atoms with Crippen molar-refractivity contribution in [2.24, 2.45) is 0 Å². The largest absolute Gasteiger partial charge is 0.497 e. The normalized spacial score (nSPS) is 15.8. The molecule has 10 nitrogen and oxygen atoms in total. The maximum absolute atomic E-state index is 13.3. The first kappa shape index (κ1) is 28.7. The molecule has 3 aromatic rings. The number of urea groups is 1. The molecule has 0 aromatic heterocycles. The number of ether oxygens (including phenoxy) is 2. The van der Waals surface area contributed by atoms with Crippen molar-refractivity contribution in [1.82, 2.24) is 14.5 Å². The molecule has 2 aliphatic rings. The number of nitrogens with one attached hydrogen (secondary N) is 2. The molecule has 0 spiro atoms. The van der Waals surface area contributed by atoms with Crippen LogP contribution in [-0.4, -0.2) is 78.2 Å². The Morgan fingerprint density at radius 3 is 2.22 bits per heavy atom. The molecule has 1 saturated heterocycles. The van der Waals surface area contributed by atoms with E-state index in [0.29, 0.717) is 30.9 Å². The van der Waals surface area contributed by atoms with Crippen molar-refractivity contribution < 1.29 is 22.7 Å². The van der Waals surface area contributed by atoms with Gasteiger partial charge >= 0.3 is 6.03 Å². The molecule has 2 amide bonds. The Morgan fingerprint density at radius 1 is 0.854 bits per heavy atom. The lowest BCUT2D eigenvalue weighted by molar-refractivity contribution is 0.206. The summed E-state index contributed by atoms with van der Waals surface area (Å²) < 4.78 is 39.0. The van der Waals surface area contributed by atoms with E-state index in [1.165, 1.54) is 12.1 Å². The van der Waals surface area contributed by atoms with Crippen LogP contribution in [-0.2, 0) is 29.5 Å². The van der Waals surface area contributed by atoms with Crippen LogP contribution < -0.4 is 24.4 Å². The number of rotatable bonds is 8. The number of anilines is 2. The van der Waals surface area contributed by atoms with Crippen LogP contribution in [0, 0.1) is 0 Å². The fraction of sp³-hybridized carbons (Fsp3) is 0.367. The molecule has 41 heavy (non-hydrogen) atoms. The number of fused-ring (bicyclic) bond motifs is 1. The van der Waals surface area contributed by atoms with E-state index in [9.17, 15) is 13.2 Å². The maximum Gasteiger partial charge on any atom is 0.322 e. The van der Waals surface area contributed by atoms with E-state index in [4.69, 9.17) is 9.47 Å². The van der Waals surface area contributed by atoms with E-state index >= 15 is 0 Å². The first-order valence-corrected chi connectivity index (χ1v) is 15.2. The second-order valence-electron chi connectivity index (χ2n) is 10.3. The summed E-state index contributed by atoms with van der Waals surface area (Å²) in [7, 11) is 1.67. The average molecular weight is 580 g/mol. The van der Waals surface area contributed by atoms with Gasteiger partial charge in [0.1, 0.15) is 11.5 Å². The number of carbonyl (C=O) groups is 1. The van der Waals surface area contributed by atoms with Crippen molar-refractivity contribution in [3.05, 3.63) is 77.4 Å². The average Bonchev–Trinajstić information content (AvgIpc) is 3.00. The molecule has 218 valence electrons. The van der Waals surface area contributed by atoms with Crippen molar-refractivity contribution in [2.75, 3.05) is 64.2 Å². The lowest BCUT2D eigenvalue weighted by Crippen LogP contribution is -2.46. The number of carbonyl (C=O) groups excluding carboxylic acids is 1. The lowest BCUT2D eigenvalue weighted by Gasteiger charge is -2.38. The van der Waals surface area contributed by atoms with E-state index in [1.807, 2.05) is 18.2 Å². The molecular weight excluding hydrogens is 542 g/mol. The summed E-state index contributed by atoms with van der Waals surface area (Å²) in [6.45, 7) is 5.05. The molecule has 0 bridgehead atoms. The molecule has 5 rings (SSSR count). The Labute approximate surface area is 241 Å². The van der Waals surface area contributed by atoms with Gasteiger partial charge in [-0.2, -0.15) is 0 Å². The quantitative estimate of drug-likeness (QED) is 0.421. The Bertz CT molecular complexity index is 1470. The van der Waals surface area contributed by atoms with Crippen LogP contribution in [0.15, 0.2) is 65.6 Å². The summed E-state index contributed by atoms with van der Waals surface area (Å²) in [6.07, 6.45) is 0.699. The van der Waals surface area contributed by atoms with Crippen LogP contribution in [0.3, 0.4) is 0 Å². The molecule has 0 saturated carbocycles. The van der Waals surface area contributed by atoms with Crippen LogP contribution in [0.2, 0.25) is 0 Å². The zero-order chi connectivity index (χ0) is 29.0. The van der Waals surface area contributed by atoms with Crippen molar-refractivity contribution in [1.29, 1.82) is 0 Å². The molecule has 0 radical (unpaired) electrons. The molecule has 3 aromatic carbocycles. The molecule has 0 aliphatic carbocycles. The third-order valence-corrected chi connectivity index (χ3v) is 9.15. The van der Waals surface area contributed by atoms with Crippen LogP contribution in [0.1, 0.15) is 16.7 Å². The van der Waals surface area contributed by atoms with E-state index in [0.717, 1.165) is 54.3 Å². The first-order chi connectivity index (χ1) is 19.8. The third kappa shape index (κ3) is 6.58. The molecular formula is C30H37N5O5S. The SMILES string of the molecule is COc1ccc(CNS(=O)(=O)c2ccc(NC(=O)N3CCc4c(OC)ccc(N5CCN(C)CC5)c4C3)cc2)cc1. The van der Waals surface area contributed by atoms with E-state index < -0.39 is 10.0 Å². The highest BCUT2D eigenvalue weighted by molar-refractivity contribution is 7.89. The Balaban J connectivity index is 1.23. The van der Waals surface area contributed by atoms with E-state index in [1.54, 1.807) is 43.4 Å². The summed E-state index contributed by atoms with van der Waals surface area (Å²) in [5, 5.41) is 2.93. The first-order valence-electron chi connectivity index (χ1n) is 13.7. The minimum absolute atomic E-state index is 0.125. The number of benzene rings is 3. The van der Waals surface area contributed by atoms with Crippen LogP contribution in [0.4, 0.5) is 16.2 Å². The van der Waals surface area contributed by atoms with Gasteiger partial charge in [0, 0.05) is 68.3 Å². The summed E-state index contributed by atoms with van der Waals surface area (Å²) in [5.41, 5.74) is 4.78. The molecule has 2 aliphatic heterocycles. The molecule has 2 heterocycles. The highest BCUT2D eigenvalue weighted by atomic mass is 32.2. The number of likely N-dealkylation sites (N-methyl/N-ethyl adjacent to an activating group) is 1. The number of piperazine rings is 1. The molecule has 0 unspecified atom stereocenters. The zero-order valence-electron chi connectivity index (χ0n) is 23.7. The number of nitrogens with zero attached hydrogens (tertiary/aromatic N) is 3. The van der Waals surface area contributed by atoms with Gasteiger partial charge < -0.3 is 29.5 Å². The predicted octanol–water partition coefficient (Wildman–Crippen LogP) is 3.52. The lowest BCUT2D eigenvalue weighted by atomic mass is 9.96. The Hall–Kier alpha value is -3.80. The fourth-order valence-corrected chi connectivity index (χ4v) is 6.28. The summed E-state index contributed by atoms with van der Waals surface area (Å²) in [5.74, 6) is 1.56. The maximum atomic E-state index is 13.3. The molecule has 11 heteroatoms. The van der Waals surface area contributed by atoms with Gasteiger partial charge in [0.05, 0.1) is 19.1 Å². The number of hydrogen-bond acceptors (Lipinski definition) is 7. The minimum Gasteiger partial charge on any atom is -0.497 e. The highest BCUT2D eigenvalue weighted by Gasteiger charge is 2.28. The van der Waals surface area contributed by atoms with Gasteiger partial charge in [-0.3, -0.25) is 0 Å². The van der Waals surface area contributed by atoms with Crippen LogP contribution >= 0.6 is 0 Å². The number of methoxy groups -OCH3 is 2. The molecule has 0 atom stereocenters. The van der Waals surface area contributed by atoms with Gasteiger partial charge in [0.25, 0.3) is 0 Å². The van der Waals surface area contributed by atoms with E-state index in [2.05, 4.69) is 33.0 Å². The second-order valence-corrected chi connectivity index (χ2v) is 12.1. The van der Waals surface area contributed by atoms with E-state index in [-0.39, 0.29) is 17.5 Å². The predicted molar refractivity (Wildman–Crippen MR) is 159 cm³/mol. The number of hydrogen-bond donors (Lipinski definition) is 2. The van der Waals surface area contributed by atoms with Crippen molar-refractivity contribution >= 4 is 27.4 Å². The molecule has 1 fully saturated rings. The second kappa shape index (κ2) is 12.4. The monoisotopic (exact) mass is 579 g/mol. The summed E-state index contributed by atoms with van der Waals surface area (Å²) in [6, 6.07) is 17.3. The minimum atomic E-state index is -3.72. The summed E-state index contributed by atoms with van der Waals surface area (Å²) in [4.78, 5) is 19.9. The van der Waals surface area contributed by atoms with Crippen LogP contribution in [0.25, 0.3) is 0 Å². The van der Waals surface area contributed by atoms with Crippen LogP contribution in [0.5, 0.6) is 11.5 Å². The standard InChI is InChI=1S/C30H37N5O5S/c1-33-16-18-34(19-17-33)28-12-13-29(40-3)26-14-15-35(21-27(26)28)30(36)32-23-6-10-25(11-7-23)41(37,38)31-20-22-4-8-24(39-2)9-5-22/h4-13,31H,14-21H2,1-3H3,(H,32,36). The zero-order valence-corrected chi connectivity index (χ0v) is 24.5. The van der Waals surface area contributed by atoms with Crippen molar-refractivity contribution in [3.63, 3.8) is 0 Å². The van der Waals surface area contributed by atoms with Gasteiger partial charge in [-0.25, -0.2) is 17.9 Å².